The first-order valence-electron chi connectivity index (χ1n) is 19.7. The molecule has 0 N–H and O–H groups in total. The van der Waals surface area contributed by atoms with Gasteiger partial charge < -0.3 is 0 Å². The Hall–Kier alpha value is -7.02. The third kappa shape index (κ3) is 5.29. The molecule has 0 saturated heterocycles. The standard InChI is InChI=1S/C56H38/c1-7-19-37(20-8-1)43-31-49-50(32-44(43)38-21-9-2-10-22-38)56-53-35-47(41-27-15-5-16-28-41)45(39-23-11-3-12-24-39)33-51(53)55(49)52-34-46(40-25-13-4-14-26-40)48(36-54(52)56)42-29-17-6-18-30-42/h1-36,55-56H. The van der Waals surface area contributed by atoms with Crippen LogP contribution in [0, 0.1) is 0 Å². The SMILES string of the molecule is c1ccc(-c2cc3c(cc2-c2ccccc2)C2c4cc(-c5ccccc5)c(-c5ccccc5)cc4C3c3cc(-c4ccccc4)c(-c4ccccc4)cc32)cc1. The van der Waals surface area contributed by atoms with Crippen LogP contribution in [-0.2, 0) is 0 Å². The molecule has 56 heavy (non-hydrogen) atoms. The third-order valence-corrected chi connectivity index (χ3v) is 12.0. The van der Waals surface area contributed by atoms with Gasteiger partial charge in [0.05, 0.1) is 0 Å². The predicted molar refractivity (Wildman–Crippen MR) is 234 cm³/mol. The molecular formula is C56H38. The van der Waals surface area contributed by atoms with Crippen molar-refractivity contribution in [1.29, 1.82) is 0 Å². The van der Waals surface area contributed by atoms with Crippen LogP contribution in [0.5, 0.6) is 0 Å². The molecule has 9 aromatic rings. The summed E-state index contributed by atoms with van der Waals surface area (Å²) < 4.78 is 0. The summed E-state index contributed by atoms with van der Waals surface area (Å²) in [5.41, 5.74) is 23.6. The van der Waals surface area contributed by atoms with Gasteiger partial charge in [-0.05, 0) is 137 Å². The molecule has 0 heterocycles. The van der Waals surface area contributed by atoms with Crippen LogP contribution < -0.4 is 0 Å². The molecule has 0 radical (unpaired) electrons. The first-order valence-corrected chi connectivity index (χ1v) is 19.7. The van der Waals surface area contributed by atoms with E-state index in [1.165, 1.54) is 100 Å². The summed E-state index contributed by atoms with van der Waals surface area (Å²) in [6.45, 7) is 0. The maximum Gasteiger partial charge on any atom is 0.0349 e. The second-order valence-corrected chi connectivity index (χ2v) is 15.1. The average Bonchev–Trinajstić information content (AvgIpc) is 3.29. The van der Waals surface area contributed by atoms with Crippen molar-refractivity contribution in [3.63, 3.8) is 0 Å². The minimum Gasteiger partial charge on any atom is -0.0622 e. The zero-order chi connectivity index (χ0) is 37.0. The second-order valence-electron chi connectivity index (χ2n) is 15.1. The minimum absolute atomic E-state index is 0.0619. The molecule has 0 heteroatoms. The van der Waals surface area contributed by atoms with Gasteiger partial charge in [-0.15, -0.1) is 0 Å². The summed E-state index contributed by atoms with van der Waals surface area (Å²) in [6, 6.07) is 81.0. The second kappa shape index (κ2) is 13.4. The van der Waals surface area contributed by atoms with Crippen LogP contribution in [0.3, 0.4) is 0 Å². The van der Waals surface area contributed by atoms with Crippen molar-refractivity contribution >= 4 is 0 Å². The molecule has 0 atom stereocenters. The summed E-state index contributed by atoms with van der Waals surface area (Å²) in [5, 5.41) is 0. The molecule has 0 aromatic heterocycles. The van der Waals surface area contributed by atoms with Crippen LogP contribution in [0.1, 0.15) is 45.2 Å². The van der Waals surface area contributed by atoms with Crippen molar-refractivity contribution in [3.8, 4) is 66.8 Å². The monoisotopic (exact) mass is 710 g/mol. The Morgan fingerprint density at radius 2 is 0.321 bits per heavy atom. The summed E-state index contributed by atoms with van der Waals surface area (Å²) in [7, 11) is 0. The van der Waals surface area contributed by atoms with E-state index in [2.05, 4.69) is 218 Å². The quantitative estimate of drug-likeness (QED) is 0.161. The zero-order valence-corrected chi connectivity index (χ0v) is 30.9. The highest BCUT2D eigenvalue weighted by molar-refractivity contribution is 5.92. The molecule has 0 spiro atoms. The number of benzene rings is 9. The molecule has 0 aliphatic heterocycles. The van der Waals surface area contributed by atoms with Crippen LogP contribution in [0.25, 0.3) is 66.8 Å². The van der Waals surface area contributed by atoms with Gasteiger partial charge in [0.15, 0.2) is 0 Å². The maximum atomic E-state index is 2.54. The molecule has 0 nitrogen and oxygen atoms in total. The summed E-state index contributed by atoms with van der Waals surface area (Å²) >= 11 is 0. The van der Waals surface area contributed by atoms with Crippen molar-refractivity contribution < 1.29 is 0 Å². The molecule has 3 aliphatic carbocycles. The highest BCUT2D eigenvalue weighted by atomic mass is 14.5. The molecule has 0 unspecified atom stereocenters. The fourth-order valence-electron chi connectivity index (χ4n) is 9.54. The summed E-state index contributed by atoms with van der Waals surface area (Å²) in [4.78, 5) is 0. The van der Waals surface area contributed by atoms with E-state index in [1.54, 1.807) is 0 Å². The summed E-state index contributed by atoms with van der Waals surface area (Å²) in [6.07, 6.45) is 0. The Bertz CT molecular complexity index is 2340. The molecular weight excluding hydrogens is 673 g/mol. The van der Waals surface area contributed by atoms with E-state index < -0.39 is 0 Å². The number of hydrogen-bond donors (Lipinski definition) is 0. The molecule has 3 aliphatic rings. The highest BCUT2D eigenvalue weighted by Gasteiger charge is 2.43. The molecule has 262 valence electrons. The molecule has 0 saturated carbocycles. The van der Waals surface area contributed by atoms with E-state index in [0.29, 0.717) is 0 Å². The topological polar surface area (TPSA) is 0 Å². The Balaban J connectivity index is 1.25. The lowest BCUT2D eigenvalue weighted by Crippen LogP contribution is -2.28. The fraction of sp³-hybridized carbons (Fsp3) is 0.0357. The number of hydrogen-bond acceptors (Lipinski definition) is 0. The zero-order valence-electron chi connectivity index (χ0n) is 30.9. The molecule has 12 rings (SSSR count). The van der Waals surface area contributed by atoms with E-state index in [4.69, 9.17) is 0 Å². The first-order chi connectivity index (χ1) is 27.8. The van der Waals surface area contributed by atoms with E-state index in [1.807, 2.05) is 0 Å². The van der Waals surface area contributed by atoms with Gasteiger partial charge >= 0.3 is 0 Å². The third-order valence-electron chi connectivity index (χ3n) is 12.0. The summed E-state index contributed by atoms with van der Waals surface area (Å²) in [5.74, 6) is 0.124. The Morgan fingerprint density at radius 3 is 0.464 bits per heavy atom. The molecule has 2 bridgehead atoms. The van der Waals surface area contributed by atoms with E-state index in [-0.39, 0.29) is 11.8 Å². The van der Waals surface area contributed by atoms with Crippen LogP contribution in [0.4, 0.5) is 0 Å². The van der Waals surface area contributed by atoms with Gasteiger partial charge in [-0.1, -0.05) is 182 Å². The van der Waals surface area contributed by atoms with E-state index >= 15 is 0 Å². The lowest BCUT2D eigenvalue weighted by atomic mass is 9.59. The molecule has 0 amide bonds. The van der Waals surface area contributed by atoms with Crippen LogP contribution >= 0.6 is 0 Å². The van der Waals surface area contributed by atoms with Crippen LogP contribution in [-0.4, -0.2) is 0 Å². The van der Waals surface area contributed by atoms with Crippen LogP contribution in [0.15, 0.2) is 218 Å². The van der Waals surface area contributed by atoms with Crippen molar-refractivity contribution in [2.24, 2.45) is 0 Å². The fourth-order valence-corrected chi connectivity index (χ4v) is 9.54. The lowest BCUT2D eigenvalue weighted by Gasteiger charge is -2.44. The normalized spacial score (nSPS) is 14.8. The van der Waals surface area contributed by atoms with E-state index in [9.17, 15) is 0 Å². The van der Waals surface area contributed by atoms with Crippen molar-refractivity contribution in [3.05, 3.63) is 252 Å². The Labute approximate surface area is 329 Å². The number of rotatable bonds is 6. The van der Waals surface area contributed by atoms with Crippen molar-refractivity contribution in [2.45, 2.75) is 11.8 Å². The highest BCUT2D eigenvalue weighted by Crippen LogP contribution is 2.60. The van der Waals surface area contributed by atoms with E-state index in [0.717, 1.165) is 0 Å². The van der Waals surface area contributed by atoms with Gasteiger partial charge in [0.25, 0.3) is 0 Å². The first kappa shape index (κ1) is 32.4. The molecule has 0 fully saturated rings. The Morgan fingerprint density at radius 1 is 0.179 bits per heavy atom. The largest absolute Gasteiger partial charge is 0.0622 e. The van der Waals surface area contributed by atoms with Crippen molar-refractivity contribution in [1.82, 2.24) is 0 Å². The average molecular weight is 711 g/mol. The maximum absolute atomic E-state index is 2.54. The molecule has 9 aromatic carbocycles. The van der Waals surface area contributed by atoms with Gasteiger partial charge in [0, 0.05) is 11.8 Å². The van der Waals surface area contributed by atoms with Gasteiger partial charge in [0.1, 0.15) is 0 Å². The Kier molecular flexibility index (Phi) is 7.74. The predicted octanol–water partition coefficient (Wildman–Crippen LogP) is 14.7. The van der Waals surface area contributed by atoms with Crippen LogP contribution in [0.2, 0.25) is 0 Å². The van der Waals surface area contributed by atoms with Gasteiger partial charge in [-0.2, -0.15) is 0 Å². The smallest absolute Gasteiger partial charge is 0.0349 e. The minimum atomic E-state index is 0.0619. The van der Waals surface area contributed by atoms with Crippen molar-refractivity contribution in [2.75, 3.05) is 0 Å². The van der Waals surface area contributed by atoms with Gasteiger partial charge in [0.2, 0.25) is 0 Å². The van der Waals surface area contributed by atoms with Gasteiger partial charge in [-0.25, -0.2) is 0 Å². The lowest BCUT2D eigenvalue weighted by molar-refractivity contribution is 0.756. The van der Waals surface area contributed by atoms with Gasteiger partial charge in [-0.3, -0.25) is 0 Å².